The van der Waals surface area contributed by atoms with Crippen LogP contribution in [0.3, 0.4) is 0 Å². The second-order valence-corrected chi connectivity index (χ2v) is 6.37. The lowest BCUT2D eigenvalue weighted by Gasteiger charge is -2.42. The van der Waals surface area contributed by atoms with Gasteiger partial charge in [-0.05, 0) is 37.1 Å². The molecule has 3 rings (SSSR count). The summed E-state index contributed by atoms with van der Waals surface area (Å²) in [6.07, 6.45) is 0.370. The van der Waals surface area contributed by atoms with Gasteiger partial charge in [0.05, 0.1) is 10.4 Å². The predicted octanol–water partition coefficient (Wildman–Crippen LogP) is 4.75. The number of carbonyl (C=O) groups excluding carboxylic acids is 1. The predicted molar refractivity (Wildman–Crippen MR) is 84.7 cm³/mol. The molecule has 108 valence electrons. The lowest BCUT2D eigenvalue weighted by molar-refractivity contribution is -0.148. The maximum absolute atomic E-state index is 11.6. The molecule has 0 aliphatic heterocycles. The highest BCUT2D eigenvalue weighted by Crippen LogP contribution is 2.41. The lowest BCUT2D eigenvalue weighted by Crippen LogP contribution is -2.53. The van der Waals surface area contributed by atoms with Gasteiger partial charge in [0.2, 0.25) is 0 Å². The summed E-state index contributed by atoms with van der Waals surface area (Å²) >= 11 is 6.32. The monoisotopic (exact) mass is 300 g/mol. The standard InChI is InChI=1S/C18H17ClO2/c1-18(2)16(20)11-17(18)21-15-9-8-13(10-14(15)19)12-6-4-3-5-7-12/h3-10,17H,11H2,1-2H3. The number of benzene rings is 2. The van der Waals surface area contributed by atoms with Crippen molar-refractivity contribution in [2.24, 2.45) is 5.41 Å². The normalized spacial score (nSPS) is 20.0. The van der Waals surface area contributed by atoms with Crippen molar-refractivity contribution >= 4 is 17.4 Å². The van der Waals surface area contributed by atoms with Crippen LogP contribution in [0.5, 0.6) is 5.75 Å². The van der Waals surface area contributed by atoms with Crippen LogP contribution in [-0.2, 0) is 4.79 Å². The Morgan fingerprint density at radius 3 is 2.38 bits per heavy atom. The number of carbonyl (C=O) groups is 1. The third-order valence-electron chi connectivity index (χ3n) is 4.20. The van der Waals surface area contributed by atoms with Crippen LogP contribution in [0.25, 0.3) is 11.1 Å². The molecule has 0 saturated heterocycles. The molecule has 3 heteroatoms. The quantitative estimate of drug-likeness (QED) is 0.817. The van der Waals surface area contributed by atoms with Gasteiger partial charge in [0, 0.05) is 6.42 Å². The van der Waals surface area contributed by atoms with E-state index in [1.165, 1.54) is 0 Å². The van der Waals surface area contributed by atoms with Gasteiger partial charge in [-0.3, -0.25) is 4.79 Å². The minimum atomic E-state index is -0.415. The van der Waals surface area contributed by atoms with E-state index in [-0.39, 0.29) is 11.9 Å². The number of rotatable bonds is 3. The molecular formula is C18H17ClO2. The van der Waals surface area contributed by atoms with Gasteiger partial charge in [0.15, 0.2) is 0 Å². The lowest BCUT2D eigenvalue weighted by atomic mass is 9.68. The van der Waals surface area contributed by atoms with Crippen molar-refractivity contribution in [2.45, 2.75) is 26.4 Å². The molecule has 1 atom stereocenters. The van der Waals surface area contributed by atoms with Crippen LogP contribution in [0.1, 0.15) is 20.3 Å². The molecule has 0 radical (unpaired) electrons. The molecule has 1 fully saturated rings. The summed E-state index contributed by atoms with van der Waals surface area (Å²) in [4.78, 5) is 11.6. The summed E-state index contributed by atoms with van der Waals surface area (Å²) in [5.74, 6) is 0.881. The van der Waals surface area contributed by atoms with Gasteiger partial charge in [-0.25, -0.2) is 0 Å². The Morgan fingerprint density at radius 1 is 1.10 bits per heavy atom. The van der Waals surface area contributed by atoms with Crippen LogP contribution >= 0.6 is 11.6 Å². The van der Waals surface area contributed by atoms with Crippen LogP contribution in [-0.4, -0.2) is 11.9 Å². The van der Waals surface area contributed by atoms with E-state index in [0.717, 1.165) is 11.1 Å². The van der Waals surface area contributed by atoms with Gasteiger partial charge in [-0.2, -0.15) is 0 Å². The van der Waals surface area contributed by atoms with E-state index >= 15 is 0 Å². The van der Waals surface area contributed by atoms with Crippen LogP contribution < -0.4 is 4.74 Å². The molecular weight excluding hydrogens is 284 g/mol. The van der Waals surface area contributed by atoms with Crippen molar-refractivity contribution in [3.05, 3.63) is 53.6 Å². The first-order valence-electron chi connectivity index (χ1n) is 7.03. The fourth-order valence-corrected chi connectivity index (χ4v) is 2.71. The first-order chi connectivity index (χ1) is 9.98. The zero-order chi connectivity index (χ0) is 15.0. The van der Waals surface area contributed by atoms with E-state index in [1.807, 2.05) is 62.4 Å². The highest BCUT2D eigenvalue weighted by molar-refractivity contribution is 6.32. The number of halogens is 1. The smallest absolute Gasteiger partial charge is 0.145 e. The molecule has 0 aromatic heterocycles. The Bertz CT molecular complexity index is 677. The number of Topliss-reactive ketones (excluding diaryl/α,β-unsaturated/α-hetero) is 1. The SMILES string of the molecule is CC1(C)C(=O)CC1Oc1ccc(-c2ccccc2)cc1Cl. The fourth-order valence-electron chi connectivity index (χ4n) is 2.48. The molecule has 1 aliphatic carbocycles. The van der Waals surface area contributed by atoms with Crippen molar-refractivity contribution in [1.29, 1.82) is 0 Å². The van der Waals surface area contributed by atoms with E-state index in [1.54, 1.807) is 0 Å². The largest absolute Gasteiger partial charge is 0.487 e. The first-order valence-corrected chi connectivity index (χ1v) is 7.41. The number of hydrogen-bond donors (Lipinski definition) is 0. The van der Waals surface area contributed by atoms with Crippen molar-refractivity contribution in [1.82, 2.24) is 0 Å². The molecule has 1 saturated carbocycles. The Labute approximate surface area is 129 Å². The molecule has 21 heavy (non-hydrogen) atoms. The van der Waals surface area contributed by atoms with Gasteiger partial charge in [0.25, 0.3) is 0 Å². The second-order valence-electron chi connectivity index (χ2n) is 5.97. The van der Waals surface area contributed by atoms with Gasteiger partial charge in [-0.1, -0.05) is 48.0 Å². The Morgan fingerprint density at radius 2 is 1.81 bits per heavy atom. The van der Waals surface area contributed by atoms with E-state index in [4.69, 9.17) is 16.3 Å². The van der Waals surface area contributed by atoms with Gasteiger partial charge >= 0.3 is 0 Å². The minimum absolute atomic E-state index is 0.0925. The number of hydrogen-bond acceptors (Lipinski definition) is 2. The molecule has 1 unspecified atom stereocenters. The zero-order valence-corrected chi connectivity index (χ0v) is 12.9. The van der Waals surface area contributed by atoms with Crippen LogP contribution in [0.15, 0.2) is 48.5 Å². The zero-order valence-electron chi connectivity index (χ0n) is 12.1. The second kappa shape index (κ2) is 5.19. The topological polar surface area (TPSA) is 26.3 Å². The minimum Gasteiger partial charge on any atom is -0.487 e. The molecule has 0 heterocycles. The highest BCUT2D eigenvalue weighted by Gasteiger charge is 2.49. The van der Waals surface area contributed by atoms with Crippen molar-refractivity contribution in [2.75, 3.05) is 0 Å². The molecule has 2 nitrogen and oxygen atoms in total. The summed E-state index contributed by atoms with van der Waals surface area (Å²) in [7, 11) is 0. The van der Waals surface area contributed by atoms with E-state index in [2.05, 4.69) is 0 Å². The summed E-state index contributed by atoms with van der Waals surface area (Å²) in [5.41, 5.74) is 1.75. The van der Waals surface area contributed by atoms with E-state index in [9.17, 15) is 4.79 Å². The molecule has 0 spiro atoms. The van der Waals surface area contributed by atoms with E-state index < -0.39 is 5.41 Å². The first kappa shape index (κ1) is 14.2. The average Bonchev–Trinajstić information content (AvgIpc) is 2.49. The molecule has 0 N–H and O–H groups in total. The Hall–Kier alpha value is -1.80. The summed E-state index contributed by atoms with van der Waals surface area (Å²) in [5, 5.41) is 0.575. The van der Waals surface area contributed by atoms with E-state index in [0.29, 0.717) is 17.2 Å². The Balaban J connectivity index is 1.81. The third kappa shape index (κ3) is 2.56. The average molecular weight is 301 g/mol. The summed E-state index contributed by atoms with van der Waals surface area (Å²) < 4.78 is 5.90. The molecule has 1 aliphatic rings. The van der Waals surface area contributed by atoms with Crippen LogP contribution in [0.4, 0.5) is 0 Å². The third-order valence-corrected chi connectivity index (χ3v) is 4.50. The molecule has 0 amide bonds. The number of ketones is 1. The van der Waals surface area contributed by atoms with Crippen molar-refractivity contribution in [3.8, 4) is 16.9 Å². The highest BCUT2D eigenvalue weighted by atomic mass is 35.5. The van der Waals surface area contributed by atoms with Gasteiger partial charge < -0.3 is 4.74 Å². The fraction of sp³-hybridized carbons (Fsp3) is 0.278. The molecule has 0 bridgehead atoms. The summed E-state index contributed by atoms with van der Waals surface area (Å²) in [6.45, 7) is 3.82. The van der Waals surface area contributed by atoms with Crippen LogP contribution in [0.2, 0.25) is 5.02 Å². The Kier molecular flexibility index (Phi) is 3.50. The van der Waals surface area contributed by atoms with Gasteiger partial charge in [-0.15, -0.1) is 0 Å². The van der Waals surface area contributed by atoms with Crippen molar-refractivity contribution < 1.29 is 9.53 Å². The summed E-state index contributed by atoms with van der Waals surface area (Å²) in [6, 6.07) is 15.8. The molecule has 2 aromatic rings. The maximum Gasteiger partial charge on any atom is 0.145 e. The maximum atomic E-state index is 11.6. The van der Waals surface area contributed by atoms with Crippen LogP contribution in [0, 0.1) is 5.41 Å². The van der Waals surface area contributed by atoms with Crippen molar-refractivity contribution in [3.63, 3.8) is 0 Å². The molecule has 2 aromatic carbocycles. The van der Waals surface area contributed by atoms with Gasteiger partial charge in [0.1, 0.15) is 17.6 Å². The number of ether oxygens (including phenoxy) is 1.